The first kappa shape index (κ1) is 32.9. The van der Waals surface area contributed by atoms with Crippen LogP contribution in [0.1, 0.15) is 30.5 Å². The Morgan fingerprint density at radius 1 is 0.864 bits per heavy atom. The van der Waals surface area contributed by atoms with Crippen LogP contribution in [0.2, 0.25) is 0 Å². The van der Waals surface area contributed by atoms with Crippen LogP contribution in [0, 0.1) is 12.7 Å². The van der Waals surface area contributed by atoms with E-state index in [2.05, 4.69) is 21.2 Å². The summed E-state index contributed by atoms with van der Waals surface area (Å²) in [6, 6.07) is 26.8. The van der Waals surface area contributed by atoms with E-state index in [1.54, 1.807) is 48.5 Å². The third-order valence-electron chi connectivity index (χ3n) is 6.95. The molecular formula is C34H35BrFN3O4S. The third kappa shape index (κ3) is 8.54. The average Bonchev–Trinajstić information content (AvgIpc) is 2.98. The van der Waals surface area contributed by atoms with Crippen molar-refractivity contribution in [3.05, 3.63) is 130 Å². The Morgan fingerprint density at radius 2 is 1.52 bits per heavy atom. The van der Waals surface area contributed by atoms with Crippen LogP contribution in [0.25, 0.3) is 0 Å². The van der Waals surface area contributed by atoms with Crippen LogP contribution in [-0.2, 0) is 32.6 Å². The summed E-state index contributed by atoms with van der Waals surface area (Å²) in [6.45, 7) is 4.89. The van der Waals surface area contributed by atoms with Gasteiger partial charge in [0, 0.05) is 23.5 Å². The Labute approximate surface area is 266 Å². The summed E-state index contributed by atoms with van der Waals surface area (Å²) in [5, 5.41) is 2.92. The molecule has 1 N–H and O–H groups in total. The van der Waals surface area contributed by atoms with Gasteiger partial charge in [0.15, 0.2) is 0 Å². The number of hydrogen-bond donors (Lipinski definition) is 1. The minimum atomic E-state index is -4.20. The Morgan fingerprint density at radius 3 is 2.14 bits per heavy atom. The van der Waals surface area contributed by atoms with E-state index in [4.69, 9.17) is 0 Å². The number of aryl methyl sites for hydroxylation is 1. The summed E-state index contributed by atoms with van der Waals surface area (Å²) < 4.78 is 43.6. The van der Waals surface area contributed by atoms with Crippen molar-refractivity contribution in [1.29, 1.82) is 0 Å². The van der Waals surface area contributed by atoms with Crippen molar-refractivity contribution < 1.29 is 22.4 Å². The second-order valence-corrected chi connectivity index (χ2v) is 13.6. The molecular weight excluding hydrogens is 645 g/mol. The lowest BCUT2D eigenvalue weighted by atomic mass is 10.0. The molecule has 4 aromatic carbocycles. The molecule has 44 heavy (non-hydrogen) atoms. The summed E-state index contributed by atoms with van der Waals surface area (Å²) in [7, 11) is -4.20. The van der Waals surface area contributed by atoms with Gasteiger partial charge in [-0.3, -0.25) is 13.9 Å². The van der Waals surface area contributed by atoms with Crippen LogP contribution in [0.5, 0.6) is 0 Å². The Hall–Kier alpha value is -4.02. The molecule has 0 bridgehead atoms. The number of rotatable bonds is 12. The normalized spacial score (nSPS) is 12.0. The van der Waals surface area contributed by atoms with E-state index < -0.39 is 34.3 Å². The van der Waals surface area contributed by atoms with Crippen LogP contribution in [0.4, 0.5) is 10.1 Å². The number of sulfonamides is 1. The quantitative estimate of drug-likeness (QED) is 0.192. The molecule has 4 rings (SSSR count). The Bertz CT molecular complexity index is 1680. The zero-order valence-electron chi connectivity index (χ0n) is 24.8. The molecule has 4 aromatic rings. The van der Waals surface area contributed by atoms with Gasteiger partial charge in [0.2, 0.25) is 11.8 Å². The van der Waals surface area contributed by atoms with E-state index in [0.717, 1.165) is 15.4 Å². The number of amides is 2. The molecule has 0 saturated carbocycles. The highest BCUT2D eigenvalue weighted by Crippen LogP contribution is 2.27. The highest BCUT2D eigenvalue weighted by molar-refractivity contribution is 9.10. The number of nitrogens with zero attached hydrogens (tertiary/aromatic N) is 2. The summed E-state index contributed by atoms with van der Waals surface area (Å²) in [6.07, 6.45) is 0.188. The third-order valence-corrected chi connectivity index (χ3v) is 9.23. The monoisotopic (exact) mass is 679 g/mol. The smallest absolute Gasteiger partial charge is 0.264 e. The molecule has 0 unspecified atom stereocenters. The second kappa shape index (κ2) is 14.6. The lowest BCUT2D eigenvalue weighted by Crippen LogP contribution is -2.54. The number of benzene rings is 4. The van der Waals surface area contributed by atoms with E-state index in [0.29, 0.717) is 10.0 Å². The molecule has 0 saturated heterocycles. The minimum Gasteiger partial charge on any atom is -0.352 e. The van der Waals surface area contributed by atoms with Gasteiger partial charge in [-0.15, -0.1) is 0 Å². The zero-order valence-corrected chi connectivity index (χ0v) is 27.2. The maximum absolute atomic E-state index is 14.4. The number of carbonyl (C=O) groups excluding carboxylic acids is 2. The van der Waals surface area contributed by atoms with Gasteiger partial charge in [-0.1, -0.05) is 82.2 Å². The van der Waals surface area contributed by atoms with E-state index in [-0.39, 0.29) is 35.5 Å². The van der Waals surface area contributed by atoms with Gasteiger partial charge in [0.1, 0.15) is 18.4 Å². The molecule has 0 aromatic heterocycles. The van der Waals surface area contributed by atoms with Crippen LogP contribution < -0.4 is 9.62 Å². The minimum absolute atomic E-state index is 0.0272. The fourth-order valence-electron chi connectivity index (χ4n) is 4.72. The largest absolute Gasteiger partial charge is 0.352 e. The van der Waals surface area contributed by atoms with Gasteiger partial charge in [-0.05, 0) is 74.4 Å². The van der Waals surface area contributed by atoms with Gasteiger partial charge < -0.3 is 10.2 Å². The molecule has 7 nitrogen and oxygen atoms in total. The number of halogens is 2. The summed E-state index contributed by atoms with van der Waals surface area (Å²) in [5.74, 6) is -1.41. The van der Waals surface area contributed by atoms with Crippen molar-refractivity contribution >= 4 is 43.5 Å². The first-order valence-electron chi connectivity index (χ1n) is 14.2. The Kier molecular flexibility index (Phi) is 10.9. The molecule has 0 aliphatic rings. The van der Waals surface area contributed by atoms with Crippen molar-refractivity contribution in [3.63, 3.8) is 0 Å². The zero-order chi connectivity index (χ0) is 31.9. The second-order valence-electron chi connectivity index (χ2n) is 10.8. The molecule has 0 radical (unpaired) electrons. The number of hydrogen-bond acceptors (Lipinski definition) is 4. The van der Waals surface area contributed by atoms with Gasteiger partial charge in [0.25, 0.3) is 10.0 Å². The fourth-order valence-corrected chi connectivity index (χ4v) is 6.51. The molecule has 0 fully saturated rings. The van der Waals surface area contributed by atoms with Crippen molar-refractivity contribution in [3.8, 4) is 0 Å². The SMILES string of the molecule is Cc1ccc(S(=O)(=O)N(CC(=O)N(Cc2ccc(F)cc2)[C@H](Cc2ccccc2)C(=O)NC(C)C)c2cccc(Br)c2)cc1. The number of anilines is 1. The molecule has 230 valence electrons. The summed E-state index contributed by atoms with van der Waals surface area (Å²) >= 11 is 3.41. The van der Waals surface area contributed by atoms with Gasteiger partial charge in [-0.25, -0.2) is 12.8 Å². The van der Waals surface area contributed by atoms with Crippen molar-refractivity contribution in [1.82, 2.24) is 10.2 Å². The topological polar surface area (TPSA) is 86.8 Å². The van der Waals surface area contributed by atoms with E-state index >= 15 is 0 Å². The van der Waals surface area contributed by atoms with Crippen LogP contribution in [0.3, 0.4) is 0 Å². The summed E-state index contributed by atoms with van der Waals surface area (Å²) in [5.41, 5.74) is 2.58. The van der Waals surface area contributed by atoms with Gasteiger partial charge in [0.05, 0.1) is 10.6 Å². The van der Waals surface area contributed by atoms with Crippen LogP contribution in [-0.4, -0.2) is 43.8 Å². The standard InChI is InChI=1S/C34H35BrFN3O4S/c1-24(2)37-34(41)32(20-26-8-5-4-6-9-26)38(22-27-14-16-29(36)17-15-27)33(40)23-39(30-11-7-10-28(35)21-30)44(42,43)31-18-12-25(3)13-19-31/h4-19,21,24,32H,20,22-23H2,1-3H3,(H,37,41)/t32-/m1/s1. The highest BCUT2D eigenvalue weighted by Gasteiger charge is 2.35. The number of nitrogens with one attached hydrogen (secondary N) is 1. The predicted molar refractivity (Wildman–Crippen MR) is 174 cm³/mol. The predicted octanol–water partition coefficient (Wildman–Crippen LogP) is 6.26. The average molecular weight is 681 g/mol. The summed E-state index contributed by atoms with van der Waals surface area (Å²) in [4.78, 5) is 29.5. The molecule has 1 atom stereocenters. The van der Waals surface area contributed by atoms with Crippen LogP contribution >= 0.6 is 15.9 Å². The first-order valence-corrected chi connectivity index (χ1v) is 16.4. The fraction of sp³-hybridized carbons (Fsp3) is 0.235. The van der Waals surface area contributed by atoms with E-state index in [1.807, 2.05) is 51.1 Å². The highest BCUT2D eigenvalue weighted by atomic mass is 79.9. The lowest BCUT2D eigenvalue weighted by Gasteiger charge is -2.34. The van der Waals surface area contributed by atoms with E-state index in [9.17, 15) is 22.4 Å². The molecule has 2 amide bonds. The number of carbonyl (C=O) groups is 2. The molecule has 10 heteroatoms. The molecule has 0 spiro atoms. The van der Waals surface area contributed by atoms with Crippen molar-refractivity contribution in [2.75, 3.05) is 10.8 Å². The maximum atomic E-state index is 14.4. The maximum Gasteiger partial charge on any atom is 0.264 e. The van der Waals surface area contributed by atoms with E-state index in [1.165, 1.54) is 29.2 Å². The molecule has 0 heterocycles. The molecule has 0 aliphatic heterocycles. The lowest BCUT2D eigenvalue weighted by molar-refractivity contribution is -0.140. The van der Waals surface area contributed by atoms with Crippen molar-refractivity contribution in [2.45, 2.75) is 50.7 Å². The van der Waals surface area contributed by atoms with Gasteiger partial charge in [-0.2, -0.15) is 0 Å². The first-order chi connectivity index (χ1) is 20.9. The van der Waals surface area contributed by atoms with Crippen molar-refractivity contribution in [2.24, 2.45) is 0 Å². The van der Waals surface area contributed by atoms with Crippen LogP contribution in [0.15, 0.2) is 112 Å². The molecule has 0 aliphatic carbocycles. The Balaban J connectivity index is 1.80. The van der Waals surface area contributed by atoms with Gasteiger partial charge >= 0.3 is 0 Å².